The molecule has 1 rings (SSSR count). The summed E-state index contributed by atoms with van der Waals surface area (Å²) in [5.74, 6) is -1.03. The van der Waals surface area contributed by atoms with Crippen LogP contribution in [0, 0.1) is 0 Å². The van der Waals surface area contributed by atoms with E-state index < -0.39 is 5.97 Å². The third-order valence-electron chi connectivity index (χ3n) is 3.21. The second-order valence-corrected chi connectivity index (χ2v) is 4.85. The first-order valence-electron chi connectivity index (χ1n) is 7.17. The maximum absolute atomic E-state index is 11.9. The number of morpholine rings is 1. The fourth-order valence-corrected chi connectivity index (χ4v) is 2.05. The number of amides is 2. The fraction of sp³-hybridized carbons (Fsp3) is 0.846. The summed E-state index contributed by atoms with van der Waals surface area (Å²) < 4.78 is 10.1. The number of hydrogen-bond acceptors (Lipinski definition) is 5. The highest BCUT2D eigenvalue weighted by Crippen LogP contribution is 1.97. The van der Waals surface area contributed by atoms with E-state index in [9.17, 15) is 9.59 Å². The van der Waals surface area contributed by atoms with E-state index in [1.165, 1.54) is 12.0 Å². The minimum atomic E-state index is -1.03. The van der Waals surface area contributed by atoms with Crippen molar-refractivity contribution in [3.8, 4) is 0 Å². The SMILES string of the molecule is COCCN(CC(=O)O)C(=O)NCCCN1CCOCC1. The van der Waals surface area contributed by atoms with Gasteiger partial charge < -0.3 is 24.8 Å². The number of aliphatic carboxylic acids is 1. The molecular weight excluding hydrogens is 278 g/mol. The average Bonchev–Trinajstić information content (AvgIpc) is 2.48. The first-order chi connectivity index (χ1) is 10.1. The number of methoxy groups -OCH3 is 1. The number of carboxylic acid groups (broad SMARTS) is 1. The van der Waals surface area contributed by atoms with Gasteiger partial charge in [0.05, 0.1) is 19.8 Å². The lowest BCUT2D eigenvalue weighted by Crippen LogP contribution is -2.45. The van der Waals surface area contributed by atoms with E-state index in [2.05, 4.69) is 10.2 Å². The van der Waals surface area contributed by atoms with Gasteiger partial charge in [0, 0.05) is 33.3 Å². The van der Waals surface area contributed by atoms with Crippen LogP contribution in [0.3, 0.4) is 0 Å². The van der Waals surface area contributed by atoms with Crippen LogP contribution in [-0.4, -0.2) is 93.1 Å². The second-order valence-electron chi connectivity index (χ2n) is 4.85. The normalized spacial score (nSPS) is 15.7. The molecule has 1 saturated heterocycles. The van der Waals surface area contributed by atoms with Crippen molar-refractivity contribution in [3.63, 3.8) is 0 Å². The molecule has 0 aromatic heterocycles. The molecule has 0 spiro atoms. The van der Waals surface area contributed by atoms with Gasteiger partial charge in [-0.2, -0.15) is 0 Å². The Hall–Kier alpha value is -1.38. The lowest BCUT2D eigenvalue weighted by atomic mass is 10.3. The Labute approximate surface area is 125 Å². The predicted molar refractivity (Wildman–Crippen MR) is 76.4 cm³/mol. The lowest BCUT2D eigenvalue weighted by molar-refractivity contribution is -0.137. The largest absolute Gasteiger partial charge is 0.480 e. The molecule has 2 amide bonds. The molecule has 8 nitrogen and oxygen atoms in total. The van der Waals surface area contributed by atoms with Crippen molar-refractivity contribution in [2.45, 2.75) is 6.42 Å². The molecule has 2 N–H and O–H groups in total. The number of carbonyl (C=O) groups is 2. The maximum Gasteiger partial charge on any atom is 0.323 e. The number of carboxylic acids is 1. The van der Waals surface area contributed by atoms with E-state index in [-0.39, 0.29) is 19.1 Å². The topological polar surface area (TPSA) is 91.3 Å². The highest BCUT2D eigenvalue weighted by Gasteiger charge is 2.16. The zero-order valence-electron chi connectivity index (χ0n) is 12.5. The van der Waals surface area contributed by atoms with Gasteiger partial charge in [-0.05, 0) is 13.0 Å². The Bertz CT molecular complexity index is 321. The van der Waals surface area contributed by atoms with Crippen molar-refractivity contribution in [1.82, 2.24) is 15.1 Å². The van der Waals surface area contributed by atoms with Crippen LogP contribution in [0.4, 0.5) is 4.79 Å². The minimum Gasteiger partial charge on any atom is -0.480 e. The Morgan fingerprint density at radius 2 is 2.10 bits per heavy atom. The number of nitrogens with one attached hydrogen (secondary N) is 1. The van der Waals surface area contributed by atoms with Crippen LogP contribution in [0.1, 0.15) is 6.42 Å². The number of rotatable bonds is 9. The van der Waals surface area contributed by atoms with Crippen molar-refractivity contribution in [2.75, 3.05) is 66.2 Å². The molecule has 0 aromatic rings. The summed E-state index contributed by atoms with van der Waals surface area (Å²) in [6, 6.07) is -0.364. The average molecular weight is 303 g/mol. The molecule has 1 heterocycles. The number of ether oxygens (including phenoxy) is 2. The number of nitrogens with zero attached hydrogens (tertiary/aromatic N) is 2. The molecule has 0 atom stereocenters. The van der Waals surface area contributed by atoms with Crippen molar-refractivity contribution in [1.29, 1.82) is 0 Å². The maximum atomic E-state index is 11.9. The van der Waals surface area contributed by atoms with Crippen LogP contribution in [0.15, 0.2) is 0 Å². The molecule has 0 unspecified atom stereocenters. The minimum absolute atomic E-state index is 0.262. The van der Waals surface area contributed by atoms with E-state index in [1.54, 1.807) is 0 Å². The second kappa shape index (κ2) is 10.4. The zero-order valence-corrected chi connectivity index (χ0v) is 12.5. The van der Waals surface area contributed by atoms with Gasteiger partial charge in [0.1, 0.15) is 6.54 Å². The van der Waals surface area contributed by atoms with Crippen molar-refractivity contribution < 1.29 is 24.2 Å². The standard InChI is InChI=1S/C13H25N3O5/c1-20-8-7-16(11-12(17)18)13(19)14-3-2-4-15-5-9-21-10-6-15/h2-11H2,1H3,(H,14,19)(H,17,18). The highest BCUT2D eigenvalue weighted by atomic mass is 16.5. The molecule has 1 aliphatic heterocycles. The first-order valence-corrected chi connectivity index (χ1v) is 7.17. The quantitative estimate of drug-likeness (QED) is 0.556. The molecular formula is C13H25N3O5. The van der Waals surface area contributed by atoms with Gasteiger partial charge in [-0.1, -0.05) is 0 Å². The van der Waals surface area contributed by atoms with Crippen molar-refractivity contribution in [3.05, 3.63) is 0 Å². The zero-order chi connectivity index (χ0) is 15.5. The summed E-state index contributed by atoms with van der Waals surface area (Å²) in [6.45, 7) is 5.05. The Kier molecular flexibility index (Phi) is 8.72. The van der Waals surface area contributed by atoms with Gasteiger partial charge >= 0.3 is 12.0 Å². The summed E-state index contributed by atoms with van der Waals surface area (Å²) in [7, 11) is 1.51. The van der Waals surface area contributed by atoms with Crippen LogP contribution in [0.5, 0.6) is 0 Å². The summed E-state index contributed by atoms with van der Waals surface area (Å²) >= 11 is 0. The molecule has 21 heavy (non-hydrogen) atoms. The number of urea groups is 1. The van der Waals surface area contributed by atoms with Crippen LogP contribution < -0.4 is 5.32 Å². The van der Waals surface area contributed by atoms with E-state index in [1.807, 2.05) is 0 Å². The molecule has 1 aliphatic rings. The molecule has 0 saturated carbocycles. The van der Waals surface area contributed by atoms with Gasteiger partial charge in [0.2, 0.25) is 0 Å². The van der Waals surface area contributed by atoms with Crippen LogP contribution >= 0.6 is 0 Å². The van der Waals surface area contributed by atoms with Gasteiger partial charge in [-0.3, -0.25) is 9.69 Å². The predicted octanol–water partition coefficient (Wildman–Crippen LogP) is -0.549. The first kappa shape index (κ1) is 17.7. The van der Waals surface area contributed by atoms with Gasteiger partial charge in [0.15, 0.2) is 0 Å². The molecule has 0 bridgehead atoms. The van der Waals surface area contributed by atoms with E-state index in [0.29, 0.717) is 13.2 Å². The molecule has 122 valence electrons. The third-order valence-corrected chi connectivity index (χ3v) is 3.21. The number of carbonyl (C=O) groups excluding carboxylic acids is 1. The lowest BCUT2D eigenvalue weighted by Gasteiger charge is -2.26. The third kappa shape index (κ3) is 7.84. The van der Waals surface area contributed by atoms with E-state index >= 15 is 0 Å². The summed E-state index contributed by atoms with van der Waals surface area (Å²) in [5, 5.41) is 11.5. The molecule has 0 radical (unpaired) electrons. The monoisotopic (exact) mass is 303 g/mol. The summed E-state index contributed by atoms with van der Waals surface area (Å²) in [6.07, 6.45) is 0.830. The van der Waals surface area contributed by atoms with Crippen LogP contribution in [0.25, 0.3) is 0 Å². The van der Waals surface area contributed by atoms with Crippen molar-refractivity contribution in [2.24, 2.45) is 0 Å². The Balaban J connectivity index is 2.20. The van der Waals surface area contributed by atoms with Crippen molar-refractivity contribution >= 4 is 12.0 Å². The van der Waals surface area contributed by atoms with Gasteiger partial charge in [-0.15, -0.1) is 0 Å². The Morgan fingerprint density at radius 1 is 1.38 bits per heavy atom. The van der Waals surface area contributed by atoms with Crippen LogP contribution in [0.2, 0.25) is 0 Å². The Morgan fingerprint density at radius 3 is 2.71 bits per heavy atom. The molecule has 0 aromatic carbocycles. The smallest absolute Gasteiger partial charge is 0.323 e. The fourth-order valence-electron chi connectivity index (χ4n) is 2.05. The summed E-state index contributed by atoms with van der Waals surface area (Å²) in [4.78, 5) is 26.2. The molecule has 0 aliphatic carbocycles. The van der Waals surface area contributed by atoms with Gasteiger partial charge in [0.25, 0.3) is 0 Å². The molecule has 1 fully saturated rings. The van der Waals surface area contributed by atoms with Gasteiger partial charge in [-0.25, -0.2) is 4.79 Å². The number of hydrogen-bond donors (Lipinski definition) is 2. The highest BCUT2D eigenvalue weighted by molar-refractivity contribution is 5.80. The van der Waals surface area contributed by atoms with Crippen LogP contribution in [-0.2, 0) is 14.3 Å². The van der Waals surface area contributed by atoms with E-state index in [4.69, 9.17) is 14.6 Å². The van der Waals surface area contributed by atoms with E-state index in [0.717, 1.165) is 39.3 Å². The summed E-state index contributed by atoms with van der Waals surface area (Å²) in [5.41, 5.74) is 0. The molecule has 8 heteroatoms.